The smallest absolute Gasteiger partial charge is 0.406 e. The molecule has 0 spiro atoms. The third-order valence-electron chi connectivity index (χ3n) is 3.57. The minimum absolute atomic E-state index is 0.191. The third-order valence-corrected chi connectivity index (χ3v) is 4.69. The first kappa shape index (κ1) is 18.0. The molecule has 0 fully saturated rings. The minimum Gasteiger partial charge on any atom is -0.406 e. The molecule has 26 heavy (non-hydrogen) atoms. The van der Waals surface area contributed by atoms with Gasteiger partial charge in [-0.1, -0.05) is 0 Å². The highest BCUT2D eigenvalue weighted by atomic mass is 32.2. The molecule has 0 unspecified atom stereocenters. The van der Waals surface area contributed by atoms with Crippen LogP contribution in [0.1, 0.15) is 0 Å². The number of aromatic nitrogens is 2. The average Bonchev–Trinajstić information content (AvgIpc) is 3.03. The van der Waals surface area contributed by atoms with Gasteiger partial charge in [-0.05, 0) is 48.5 Å². The number of alkyl halides is 3. The zero-order chi connectivity index (χ0) is 18.9. The van der Waals surface area contributed by atoms with Gasteiger partial charge in [-0.25, -0.2) is 13.4 Å². The Balaban J connectivity index is 1.91. The maximum atomic E-state index is 12.2. The van der Waals surface area contributed by atoms with Crippen molar-refractivity contribution in [2.45, 2.75) is 11.3 Å². The highest BCUT2D eigenvalue weighted by Crippen LogP contribution is 2.28. The van der Waals surface area contributed by atoms with Gasteiger partial charge in [-0.2, -0.15) is 0 Å². The van der Waals surface area contributed by atoms with E-state index in [1.165, 1.54) is 42.7 Å². The lowest BCUT2D eigenvalue weighted by atomic mass is 10.1. The zero-order valence-electron chi connectivity index (χ0n) is 13.4. The van der Waals surface area contributed by atoms with E-state index in [0.29, 0.717) is 16.9 Å². The SMILES string of the molecule is CS(=O)(=O)c1ccc(-n2cncc2-c2ccc(OC(F)(F)F)cc2)cc1. The van der Waals surface area contributed by atoms with Gasteiger partial charge in [0.05, 0.1) is 23.1 Å². The van der Waals surface area contributed by atoms with Crippen LogP contribution in [0.4, 0.5) is 13.2 Å². The summed E-state index contributed by atoms with van der Waals surface area (Å²) in [5.41, 5.74) is 1.93. The first-order chi connectivity index (χ1) is 12.1. The van der Waals surface area contributed by atoms with Crippen molar-refractivity contribution in [3.8, 4) is 22.7 Å². The highest BCUT2D eigenvalue weighted by Gasteiger charge is 2.31. The molecule has 0 amide bonds. The van der Waals surface area contributed by atoms with Crippen molar-refractivity contribution < 1.29 is 26.3 Å². The van der Waals surface area contributed by atoms with Crippen LogP contribution in [0, 0.1) is 0 Å². The van der Waals surface area contributed by atoms with Crippen molar-refractivity contribution >= 4 is 9.84 Å². The molecular formula is C17H13F3N2O3S. The van der Waals surface area contributed by atoms with Gasteiger partial charge >= 0.3 is 6.36 Å². The Labute approximate surface area is 147 Å². The molecule has 0 aliphatic heterocycles. The van der Waals surface area contributed by atoms with Crippen LogP contribution in [-0.2, 0) is 9.84 Å². The van der Waals surface area contributed by atoms with E-state index in [1.54, 1.807) is 22.9 Å². The van der Waals surface area contributed by atoms with Crippen LogP contribution < -0.4 is 4.74 Å². The Hall–Kier alpha value is -2.81. The number of hydrogen-bond acceptors (Lipinski definition) is 4. The van der Waals surface area contributed by atoms with Gasteiger partial charge in [0.25, 0.3) is 0 Å². The minimum atomic E-state index is -4.75. The van der Waals surface area contributed by atoms with Crippen molar-refractivity contribution in [1.82, 2.24) is 9.55 Å². The zero-order valence-corrected chi connectivity index (χ0v) is 14.3. The number of imidazole rings is 1. The Morgan fingerprint density at radius 2 is 1.62 bits per heavy atom. The van der Waals surface area contributed by atoms with Crippen LogP contribution in [0.25, 0.3) is 16.9 Å². The van der Waals surface area contributed by atoms with Gasteiger partial charge in [0.2, 0.25) is 0 Å². The topological polar surface area (TPSA) is 61.2 Å². The summed E-state index contributed by atoms with van der Waals surface area (Å²) in [6.07, 6.45) is -0.533. The van der Waals surface area contributed by atoms with E-state index in [0.717, 1.165) is 6.26 Å². The first-order valence-corrected chi connectivity index (χ1v) is 9.22. The molecule has 0 bridgehead atoms. The van der Waals surface area contributed by atoms with Crippen LogP contribution >= 0.6 is 0 Å². The molecule has 9 heteroatoms. The lowest BCUT2D eigenvalue weighted by Crippen LogP contribution is -2.16. The Morgan fingerprint density at radius 1 is 1.00 bits per heavy atom. The van der Waals surface area contributed by atoms with E-state index in [1.807, 2.05) is 0 Å². The quantitative estimate of drug-likeness (QED) is 0.688. The molecule has 0 atom stereocenters. The second kappa shape index (κ2) is 6.49. The molecular weight excluding hydrogens is 369 g/mol. The number of sulfone groups is 1. The molecule has 3 rings (SSSR count). The van der Waals surface area contributed by atoms with Crippen LogP contribution in [0.2, 0.25) is 0 Å². The van der Waals surface area contributed by atoms with E-state index in [2.05, 4.69) is 9.72 Å². The predicted molar refractivity (Wildman–Crippen MR) is 88.8 cm³/mol. The summed E-state index contributed by atoms with van der Waals surface area (Å²) in [5, 5.41) is 0. The van der Waals surface area contributed by atoms with Crippen molar-refractivity contribution in [3.05, 3.63) is 61.1 Å². The fourth-order valence-corrected chi connectivity index (χ4v) is 3.03. The number of halogens is 3. The standard InChI is InChI=1S/C17H13F3N2O3S/c1-26(23,24)15-8-4-13(5-9-15)22-11-21-10-16(22)12-2-6-14(7-3-12)25-17(18,19)20/h2-11H,1H3. The molecule has 0 N–H and O–H groups in total. The number of benzene rings is 2. The van der Waals surface area contributed by atoms with Gasteiger partial charge in [-0.15, -0.1) is 13.2 Å². The van der Waals surface area contributed by atoms with Crippen molar-refractivity contribution in [2.75, 3.05) is 6.26 Å². The fourth-order valence-electron chi connectivity index (χ4n) is 2.40. The predicted octanol–water partition coefficient (Wildman–Crippen LogP) is 3.84. The van der Waals surface area contributed by atoms with Gasteiger partial charge in [0.1, 0.15) is 5.75 Å². The van der Waals surface area contributed by atoms with E-state index in [-0.39, 0.29) is 10.6 Å². The number of rotatable bonds is 4. The Kier molecular flexibility index (Phi) is 4.49. The maximum absolute atomic E-state index is 12.2. The van der Waals surface area contributed by atoms with Crippen molar-refractivity contribution in [2.24, 2.45) is 0 Å². The molecule has 5 nitrogen and oxygen atoms in total. The molecule has 1 aromatic heterocycles. The second-order valence-corrected chi connectivity index (χ2v) is 7.50. The molecule has 0 aliphatic rings. The van der Waals surface area contributed by atoms with Crippen LogP contribution in [-0.4, -0.2) is 30.6 Å². The van der Waals surface area contributed by atoms with Gasteiger partial charge in [0.15, 0.2) is 9.84 Å². The monoisotopic (exact) mass is 382 g/mol. The van der Waals surface area contributed by atoms with E-state index in [9.17, 15) is 21.6 Å². The third kappa shape index (κ3) is 4.05. The summed E-state index contributed by atoms with van der Waals surface area (Å²) in [6.45, 7) is 0. The summed E-state index contributed by atoms with van der Waals surface area (Å²) < 4.78 is 65.3. The van der Waals surface area contributed by atoms with E-state index >= 15 is 0 Å². The molecule has 136 valence electrons. The summed E-state index contributed by atoms with van der Waals surface area (Å²) in [7, 11) is -3.30. The molecule has 3 aromatic rings. The summed E-state index contributed by atoms with van der Waals surface area (Å²) in [5.74, 6) is -0.315. The molecule has 0 saturated heterocycles. The van der Waals surface area contributed by atoms with Gasteiger partial charge < -0.3 is 4.74 Å². The van der Waals surface area contributed by atoms with Crippen LogP contribution in [0.15, 0.2) is 66.0 Å². The molecule has 1 heterocycles. The van der Waals surface area contributed by atoms with E-state index in [4.69, 9.17) is 0 Å². The lowest BCUT2D eigenvalue weighted by Gasteiger charge is -2.11. The summed E-state index contributed by atoms with van der Waals surface area (Å²) in [6, 6.07) is 11.6. The lowest BCUT2D eigenvalue weighted by molar-refractivity contribution is -0.274. The normalized spacial score (nSPS) is 12.2. The fraction of sp³-hybridized carbons (Fsp3) is 0.118. The molecule has 2 aromatic carbocycles. The van der Waals surface area contributed by atoms with Gasteiger partial charge in [0, 0.05) is 17.5 Å². The number of ether oxygens (including phenoxy) is 1. The Morgan fingerprint density at radius 3 is 2.15 bits per heavy atom. The summed E-state index contributed by atoms with van der Waals surface area (Å²) >= 11 is 0. The highest BCUT2D eigenvalue weighted by molar-refractivity contribution is 7.90. The maximum Gasteiger partial charge on any atom is 0.573 e. The summed E-state index contributed by atoms with van der Waals surface area (Å²) in [4.78, 5) is 4.25. The molecule has 0 radical (unpaired) electrons. The second-order valence-electron chi connectivity index (χ2n) is 5.49. The number of nitrogens with zero attached hydrogens (tertiary/aromatic N) is 2. The van der Waals surface area contributed by atoms with Crippen LogP contribution in [0.3, 0.4) is 0 Å². The van der Waals surface area contributed by atoms with Gasteiger partial charge in [-0.3, -0.25) is 4.57 Å². The number of hydrogen-bond donors (Lipinski definition) is 0. The first-order valence-electron chi connectivity index (χ1n) is 7.32. The van der Waals surface area contributed by atoms with E-state index < -0.39 is 16.2 Å². The van der Waals surface area contributed by atoms with Crippen LogP contribution in [0.5, 0.6) is 5.75 Å². The molecule has 0 saturated carbocycles. The van der Waals surface area contributed by atoms with Crippen molar-refractivity contribution in [3.63, 3.8) is 0 Å². The largest absolute Gasteiger partial charge is 0.573 e. The Bertz CT molecular complexity index is 1010. The van der Waals surface area contributed by atoms with Crippen molar-refractivity contribution in [1.29, 1.82) is 0 Å². The average molecular weight is 382 g/mol. The molecule has 0 aliphatic carbocycles.